The molecule has 0 saturated carbocycles. The van der Waals surface area contributed by atoms with E-state index in [1.54, 1.807) is 65.7 Å². The van der Waals surface area contributed by atoms with E-state index < -0.39 is 70.8 Å². The summed E-state index contributed by atoms with van der Waals surface area (Å²) in [5.74, 6) is -4.75. The maximum atomic E-state index is 16.1. The molecule has 2 aromatic carbocycles. The zero-order chi connectivity index (χ0) is 38.7. The summed E-state index contributed by atoms with van der Waals surface area (Å²) in [4.78, 5) is 41.2. The van der Waals surface area contributed by atoms with Crippen LogP contribution in [-0.2, 0) is 28.4 Å². The number of carbonyl (C=O) groups excluding carboxylic acids is 1. The molecule has 0 spiro atoms. The molecular formula is C37H44F7N3O4. The van der Waals surface area contributed by atoms with E-state index in [1.165, 1.54) is 6.92 Å². The Morgan fingerprint density at radius 2 is 1.49 bits per heavy atom. The maximum Gasteiger partial charge on any atom is 0.419 e. The second-order valence-corrected chi connectivity index (χ2v) is 13.8. The lowest BCUT2D eigenvalue weighted by molar-refractivity contribution is -0.140. The van der Waals surface area contributed by atoms with Gasteiger partial charge >= 0.3 is 18.3 Å². The van der Waals surface area contributed by atoms with Crippen molar-refractivity contribution in [3.63, 3.8) is 0 Å². The van der Waals surface area contributed by atoms with E-state index in [2.05, 4.69) is 5.32 Å². The van der Waals surface area contributed by atoms with Gasteiger partial charge in [0.2, 0.25) is 5.91 Å². The van der Waals surface area contributed by atoms with Crippen molar-refractivity contribution in [3.05, 3.63) is 91.1 Å². The molecule has 0 radical (unpaired) electrons. The van der Waals surface area contributed by atoms with Crippen LogP contribution in [0.2, 0.25) is 0 Å². The van der Waals surface area contributed by atoms with E-state index in [0.29, 0.717) is 35.4 Å². The van der Waals surface area contributed by atoms with Crippen LogP contribution in [0.15, 0.2) is 35.3 Å². The molecule has 3 rings (SSSR count). The lowest BCUT2D eigenvalue weighted by Crippen LogP contribution is -2.41. The van der Waals surface area contributed by atoms with Crippen molar-refractivity contribution >= 4 is 11.9 Å². The van der Waals surface area contributed by atoms with Crippen molar-refractivity contribution in [2.75, 3.05) is 20.6 Å². The van der Waals surface area contributed by atoms with E-state index in [0.717, 1.165) is 16.3 Å². The van der Waals surface area contributed by atoms with E-state index in [9.17, 15) is 45.8 Å². The number of hydrogen-bond donors (Lipinski definition) is 2. The quantitative estimate of drug-likeness (QED) is 0.173. The number of pyridine rings is 1. The van der Waals surface area contributed by atoms with Crippen LogP contribution in [0.1, 0.15) is 89.7 Å². The van der Waals surface area contributed by atoms with Gasteiger partial charge in [0.05, 0.1) is 23.6 Å². The number of benzene rings is 2. The maximum absolute atomic E-state index is 16.1. The number of aliphatic carboxylic acids is 1. The van der Waals surface area contributed by atoms with Gasteiger partial charge in [-0.3, -0.25) is 14.4 Å². The Hall–Kier alpha value is -4.20. The Balaban J connectivity index is 2.27. The number of rotatable bonds is 13. The zero-order valence-electron chi connectivity index (χ0n) is 29.9. The molecule has 14 heteroatoms. The Kier molecular flexibility index (Phi) is 12.9. The molecule has 51 heavy (non-hydrogen) atoms. The Labute approximate surface area is 292 Å². The van der Waals surface area contributed by atoms with Crippen LogP contribution in [0.5, 0.6) is 0 Å². The molecule has 7 nitrogen and oxygen atoms in total. The van der Waals surface area contributed by atoms with Crippen LogP contribution >= 0.6 is 0 Å². The summed E-state index contributed by atoms with van der Waals surface area (Å²) in [7, 11) is 3.48. The second kappa shape index (κ2) is 16.0. The van der Waals surface area contributed by atoms with Crippen LogP contribution in [0.25, 0.3) is 11.1 Å². The second-order valence-electron chi connectivity index (χ2n) is 13.8. The van der Waals surface area contributed by atoms with Crippen molar-refractivity contribution < 1.29 is 45.4 Å². The van der Waals surface area contributed by atoms with Crippen molar-refractivity contribution in [1.29, 1.82) is 0 Å². The molecular weight excluding hydrogens is 683 g/mol. The summed E-state index contributed by atoms with van der Waals surface area (Å²) < 4.78 is 102. The lowest BCUT2D eigenvalue weighted by Gasteiger charge is -2.28. The smallest absolute Gasteiger partial charge is 0.419 e. The highest BCUT2D eigenvalue weighted by Gasteiger charge is 2.40. The fourth-order valence-corrected chi connectivity index (χ4v) is 6.60. The number of carbonyl (C=O) groups is 2. The van der Waals surface area contributed by atoms with Gasteiger partial charge in [-0.25, -0.2) is 4.39 Å². The fraction of sp³-hybridized carbons (Fsp3) is 0.486. The first-order chi connectivity index (χ1) is 23.4. The molecule has 0 aliphatic carbocycles. The third kappa shape index (κ3) is 9.99. The normalized spacial score (nSPS) is 13.5. The lowest BCUT2D eigenvalue weighted by atomic mass is 9.85. The third-order valence-electron chi connectivity index (χ3n) is 8.72. The number of halogens is 7. The van der Waals surface area contributed by atoms with E-state index in [4.69, 9.17) is 0 Å². The van der Waals surface area contributed by atoms with Crippen LogP contribution < -0.4 is 10.9 Å². The highest BCUT2D eigenvalue weighted by Crippen LogP contribution is 2.43. The summed E-state index contributed by atoms with van der Waals surface area (Å²) in [6, 6.07) is 1.17. The highest BCUT2D eigenvalue weighted by atomic mass is 19.4. The van der Waals surface area contributed by atoms with Gasteiger partial charge in [-0.1, -0.05) is 31.5 Å². The minimum Gasteiger partial charge on any atom is -0.481 e. The van der Waals surface area contributed by atoms with Gasteiger partial charge in [0.25, 0.3) is 5.56 Å². The van der Waals surface area contributed by atoms with E-state index in [1.807, 2.05) is 0 Å². The summed E-state index contributed by atoms with van der Waals surface area (Å²) in [5, 5.41) is 12.2. The standard InChI is InChI=1S/C37H44F7N3O4/c1-19(2)12-29(47-18-24(10-9-11-46(7)8)26(16-30(47)48)36(39,40)41)35(51)45-28(17-31(49)50)33-23(6)25(15-27(34(33)38)37(42,43)44)32-21(4)13-20(3)14-22(32)5/h13-16,18-19,28-29H,9-12,17H2,1-8H3,(H,45,51)(H,49,50)/t28-,29-/m0/s1. The first-order valence-electron chi connectivity index (χ1n) is 16.4. The minimum atomic E-state index is -5.21. The van der Waals surface area contributed by atoms with Gasteiger partial charge in [0.1, 0.15) is 11.9 Å². The topological polar surface area (TPSA) is 91.6 Å². The molecule has 0 fully saturated rings. The molecule has 0 saturated heterocycles. The summed E-state index contributed by atoms with van der Waals surface area (Å²) >= 11 is 0. The number of hydrogen-bond acceptors (Lipinski definition) is 4. The predicted molar refractivity (Wildman–Crippen MR) is 180 cm³/mol. The van der Waals surface area contributed by atoms with Crippen molar-refractivity contribution in [2.24, 2.45) is 5.92 Å². The largest absolute Gasteiger partial charge is 0.481 e. The average Bonchev–Trinajstić information content (AvgIpc) is 2.95. The zero-order valence-corrected chi connectivity index (χ0v) is 29.9. The molecule has 1 aromatic heterocycles. The number of carboxylic acids is 1. The number of aromatic nitrogens is 1. The predicted octanol–water partition coefficient (Wildman–Crippen LogP) is 8.34. The monoisotopic (exact) mass is 727 g/mol. The fourth-order valence-electron chi connectivity index (χ4n) is 6.60. The molecule has 2 N–H and O–H groups in total. The molecule has 0 unspecified atom stereocenters. The molecule has 3 aromatic rings. The van der Waals surface area contributed by atoms with E-state index in [-0.39, 0.29) is 41.9 Å². The number of aryl methyl sites for hydroxylation is 4. The van der Waals surface area contributed by atoms with Gasteiger partial charge in [-0.05, 0) is 113 Å². The van der Waals surface area contributed by atoms with Crippen LogP contribution in [0, 0.1) is 39.4 Å². The molecule has 0 aliphatic rings. The summed E-state index contributed by atoms with van der Waals surface area (Å²) in [6.07, 6.45) is -10.1. The van der Waals surface area contributed by atoms with Gasteiger partial charge in [-0.2, -0.15) is 26.3 Å². The van der Waals surface area contributed by atoms with Crippen LogP contribution in [-0.4, -0.2) is 47.1 Å². The molecule has 1 heterocycles. The van der Waals surface area contributed by atoms with Gasteiger partial charge in [0.15, 0.2) is 0 Å². The van der Waals surface area contributed by atoms with Gasteiger partial charge in [0, 0.05) is 17.8 Å². The van der Waals surface area contributed by atoms with E-state index >= 15 is 4.39 Å². The van der Waals surface area contributed by atoms with Gasteiger partial charge in [-0.15, -0.1) is 0 Å². The first kappa shape index (κ1) is 41.2. The summed E-state index contributed by atoms with van der Waals surface area (Å²) in [5.41, 5.74) is -2.63. The highest BCUT2D eigenvalue weighted by molar-refractivity contribution is 5.82. The Morgan fingerprint density at radius 3 is 1.98 bits per heavy atom. The summed E-state index contributed by atoms with van der Waals surface area (Å²) in [6.45, 7) is 10.3. The Bertz CT molecular complexity index is 1810. The SMILES string of the molecule is Cc1cc(C)c(-c2cc(C(F)(F)F)c(F)c([C@H](CC(=O)O)NC(=O)[C@H](CC(C)C)n3cc(CCCN(C)C)c(C(F)(F)F)cc3=O)c2C)c(C)c1. The molecule has 0 aliphatic heterocycles. The number of nitrogens with one attached hydrogen (secondary N) is 1. The number of nitrogens with zero attached hydrogens (tertiary/aromatic N) is 2. The molecule has 2 atom stereocenters. The molecule has 1 amide bonds. The van der Waals surface area contributed by atoms with Crippen LogP contribution in [0.4, 0.5) is 30.7 Å². The number of carboxylic acid groups (broad SMARTS) is 1. The number of amides is 1. The van der Waals surface area contributed by atoms with Crippen molar-refractivity contribution in [3.8, 4) is 11.1 Å². The number of alkyl halides is 6. The Morgan fingerprint density at radius 1 is 0.922 bits per heavy atom. The first-order valence-corrected chi connectivity index (χ1v) is 16.4. The molecule has 0 bridgehead atoms. The van der Waals surface area contributed by atoms with Gasteiger partial charge < -0.3 is 19.9 Å². The van der Waals surface area contributed by atoms with Crippen LogP contribution in [0.3, 0.4) is 0 Å². The van der Waals surface area contributed by atoms with Crippen molar-refractivity contribution in [2.45, 2.75) is 91.7 Å². The minimum absolute atomic E-state index is 0.0154. The third-order valence-corrected chi connectivity index (χ3v) is 8.72. The average molecular weight is 728 g/mol. The molecule has 280 valence electrons. The van der Waals surface area contributed by atoms with Crippen molar-refractivity contribution in [1.82, 2.24) is 14.8 Å².